The van der Waals surface area contributed by atoms with Gasteiger partial charge in [0.25, 0.3) is 0 Å². The van der Waals surface area contributed by atoms with Crippen molar-refractivity contribution in [2.45, 2.75) is 171 Å². The van der Waals surface area contributed by atoms with E-state index >= 15 is 0 Å². The highest BCUT2D eigenvalue weighted by Crippen LogP contribution is 2.17. The van der Waals surface area contributed by atoms with Crippen LogP contribution in [0.15, 0.2) is 0 Å². The number of hydrogen-bond acceptors (Lipinski definition) is 1. The Morgan fingerprint density at radius 2 is 0.684 bits per heavy atom. The zero-order valence-corrected chi connectivity index (χ0v) is 31.2. The number of unbranched alkanes of at least 4 members (excludes halogenated alkanes) is 10. The van der Waals surface area contributed by atoms with Crippen molar-refractivity contribution in [2.75, 3.05) is 51.1 Å². The number of hydrogen-bond donors (Lipinski definition) is 0. The maximum Gasteiger partial charge on any atom is 0.0786 e. The van der Waals surface area contributed by atoms with Crippen LogP contribution in [0.4, 0.5) is 0 Å². The summed E-state index contributed by atoms with van der Waals surface area (Å²) in [6, 6.07) is 0. The maximum absolute atomic E-state index is 3.35. The average molecular weight is 673 g/mol. The van der Waals surface area contributed by atoms with Gasteiger partial charge in [0.05, 0.1) is 26.2 Å². The lowest BCUT2D eigenvalue weighted by Gasteiger charge is -2.39. The Hall–Kier alpha value is 0.880. The zero-order chi connectivity index (χ0) is 28.5. The molecule has 0 aliphatic carbocycles. The van der Waals surface area contributed by atoms with Gasteiger partial charge in [0, 0.05) is 5.33 Å². The molecular formula is C34H76Br2N2. The van der Waals surface area contributed by atoms with E-state index in [2.05, 4.69) is 76.2 Å². The summed E-state index contributed by atoms with van der Waals surface area (Å²) in [4.78, 5) is 2.64. The van der Waals surface area contributed by atoms with E-state index in [1.165, 1.54) is 171 Å². The minimum absolute atomic E-state index is 0. The first-order valence-electron chi connectivity index (χ1n) is 17.1. The van der Waals surface area contributed by atoms with Crippen LogP contribution in [-0.4, -0.2) is 60.5 Å². The van der Waals surface area contributed by atoms with Crippen molar-refractivity contribution in [1.82, 2.24) is 4.90 Å². The van der Waals surface area contributed by atoms with E-state index in [0.717, 1.165) is 0 Å². The molecule has 0 spiro atoms. The second-order valence-electron chi connectivity index (χ2n) is 11.3. The fourth-order valence-corrected chi connectivity index (χ4v) is 5.07. The summed E-state index contributed by atoms with van der Waals surface area (Å²) < 4.78 is 1.43. The van der Waals surface area contributed by atoms with Gasteiger partial charge in [-0.3, -0.25) is 0 Å². The van der Waals surface area contributed by atoms with Crippen molar-refractivity contribution in [1.29, 1.82) is 0 Å². The largest absolute Gasteiger partial charge is 1.00 e. The maximum atomic E-state index is 3.35. The smallest absolute Gasteiger partial charge is 0.0786 e. The van der Waals surface area contributed by atoms with Crippen molar-refractivity contribution in [3.8, 4) is 0 Å². The lowest BCUT2D eigenvalue weighted by Crippen LogP contribution is -3.00. The van der Waals surface area contributed by atoms with Gasteiger partial charge in [-0.2, -0.15) is 0 Å². The Morgan fingerprint density at radius 1 is 0.395 bits per heavy atom. The van der Waals surface area contributed by atoms with Crippen LogP contribution < -0.4 is 17.0 Å². The van der Waals surface area contributed by atoms with Gasteiger partial charge in [0.15, 0.2) is 0 Å². The first-order valence-corrected chi connectivity index (χ1v) is 18.3. The summed E-state index contributed by atoms with van der Waals surface area (Å²) in [5.41, 5.74) is 0. The summed E-state index contributed by atoms with van der Waals surface area (Å²) in [6.07, 6.45) is 24.6. The van der Waals surface area contributed by atoms with E-state index in [-0.39, 0.29) is 17.0 Å². The molecule has 0 aromatic heterocycles. The van der Waals surface area contributed by atoms with Gasteiger partial charge in [-0.1, -0.05) is 129 Å². The van der Waals surface area contributed by atoms with Crippen molar-refractivity contribution < 1.29 is 21.5 Å². The monoisotopic (exact) mass is 670 g/mol. The van der Waals surface area contributed by atoms with Crippen molar-refractivity contribution in [3.05, 3.63) is 0 Å². The van der Waals surface area contributed by atoms with E-state index in [1.807, 2.05) is 0 Å². The van der Waals surface area contributed by atoms with Gasteiger partial charge in [0.1, 0.15) is 0 Å². The third kappa shape index (κ3) is 34.9. The standard InChI is InChI=1S/C17H38N.C12H27N.C5H11Br.BrH/c1-5-9-13-17-18(14-10-6-2,15-11-7-3)16-12-8-4;1-4-7-10-13(11-8-5-2)12-9-6-3;1-2-3-4-5-6;/h5-17H2,1-4H3;4-12H2,1-3H3;2-5H2,1H3;1H/q+1;;;/p-1. The SMILES string of the molecule is CCCCCBr.CCCCC[N+](CCCC)(CCCC)CCCC.CCCCN(CCCC)CCCC.[Br-]. The minimum Gasteiger partial charge on any atom is -1.00 e. The van der Waals surface area contributed by atoms with Crippen LogP contribution in [0.3, 0.4) is 0 Å². The Kier molecular flexibility index (Phi) is 48.3. The lowest BCUT2D eigenvalue weighted by atomic mass is 10.1. The molecule has 0 aromatic carbocycles. The normalized spacial score (nSPS) is 10.9. The summed E-state index contributed by atoms with van der Waals surface area (Å²) in [5, 5.41) is 1.17. The predicted molar refractivity (Wildman–Crippen MR) is 178 cm³/mol. The third-order valence-corrected chi connectivity index (χ3v) is 7.98. The molecule has 0 rings (SSSR count). The van der Waals surface area contributed by atoms with E-state index in [0.29, 0.717) is 0 Å². The molecule has 2 nitrogen and oxygen atoms in total. The molecule has 0 saturated carbocycles. The van der Waals surface area contributed by atoms with E-state index in [9.17, 15) is 0 Å². The first kappa shape index (κ1) is 45.9. The molecule has 0 atom stereocenters. The number of rotatable bonds is 25. The fourth-order valence-electron chi connectivity index (χ4n) is 4.67. The second-order valence-corrected chi connectivity index (χ2v) is 12.1. The highest BCUT2D eigenvalue weighted by molar-refractivity contribution is 9.09. The molecule has 4 heteroatoms. The summed E-state index contributed by atoms with van der Waals surface area (Å²) in [7, 11) is 0. The van der Waals surface area contributed by atoms with Gasteiger partial charge in [-0.05, 0) is 77.4 Å². The van der Waals surface area contributed by atoms with Crippen LogP contribution >= 0.6 is 15.9 Å². The fraction of sp³-hybridized carbons (Fsp3) is 1.00. The molecular weight excluding hydrogens is 596 g/mol. The second kappa shape index (κ2) is 40.0. The van der Waals surface area contributed by atoms with Crippen molar-refractivity contribution >= 4 is 15.9 Å². The number of quaternary nitrogens is 1. The Balaban J connectivity index is -0.000000253. The molecule has 0 unspecified atom stereocenters. The van der Waals surface area contributed by atoms with Crippen LogP contribution in [-0.2, 0) is 0 Å². The zero-order valence-electron chi connectivity index (χ0n) is 28.0. The average Bonchev–Trinajstić information content (AvgIpc) is 2.92. The highest BCUT2D eigenvalue weighted by atomic mass is 79.9. The van der Waals surface area contributed by atoms with Gasteiger partial charge in [-0.15, -0.1) is 0 Å². The van der Waals surface area contributed by atoms with E-state index in [1.54, 1.807) is 0 Å². The quantitative estimate of drug-likeness (QED) is 0.0533. The molecule has 0 amide bonds. The van der Waals surface area contributed by atoms with Gasteiger partial charge >= 0.3 is 0 Å². The van der Waals surface area contributed by atoms with Gasteiger partial charge < -0.3 is 26.4 Å². The van der Waals surface area contributed by atoms with Gasteiger partial charge in [0.2, 0.25) is 0 Å². The minimum atomic E-state index is 0. The molecule has 0 aliphatic heterocycles. The molecule has 0 bridgehead atoms. The van der Waals surface area contributed by atoms with Crippen LogP contribution in [0.5, 0.6) is 0 Å². The molecule has 0 radical (unpaired) electrons. The van der Waals surface area contributed by atoms with Crippen LogP contribution in [0.1, 0.15) is 171 Å². The van der Waals surface area contributed by atoms with E-state index < -0.39 is 0 Å². The van der Waals surface area contributed by atoms with Crippen LogP contribution in [0.25, 0.3) is 0 Å². The molecule has 236 valence electrons. The molecule has 0 saturated heterocycles. The Bertz CT molecular complexity index is 335. The molecule has 38 heavy (non-hydrogen) atoms. The Morgan fingerprint density at radius 3 is 0.947 bits per heavy atom. The van der Waals surface area contributed by atoms with Crippen LogP contribution in [0, 0.1) is 0 Å². The molecule has 0 fully saturated rings. The molecule has 0 aromatic rings. The predicted octanol–water partition coefficient (Wildman–Crippen LogP) is 8.66. The number of alkyl halides is 1. The highest BCUT2D eigenvalue weighted by Gasteiger charge is 2.24. The van der Waals surface area contributed by atoms with E-state index in [4.69, 9.17) is 0 Å². The summed E-state index contributed by atoms with van der Waals surface area (Å²) in [5.74, 6) is 0. The first-order chi connectivity index (χ1) is 18.0. The molecule has 0 heterocycles. The van der Waals surface area contributed by atoms with Gasteiger partial charge in [-0.25, -0.2) is 0 Å². The Labute approximate surface area is 263 Å². The molecule has 0 N–H and O–H groups in total. The molecule has 0 aliphatic rings. The summed E-state index contributed by atoms with van der Waals surface area (Å²) in [6.45, 7) is 28.0. The summed E-state index contributed by atoms with van der Waals surface area (Å²) >= 11 is 3.35. The number of nitrogens with zero attached hydrogens (tertiary/aromatic N) is 2. The third-order valence-electron chi connectivity index (χ3n) is 7.41. The van der Waals surface area contributed by atoms with Crippen molar-refractivity contribution in [2.24, 2.45) is 0 Å². The van der Waals surface area contributed by atoms with Crippen LogP contribution in [0.2, 0.25) is 0 Å². The van der Waals surface area contributed by atoms with Crippen molar-refractivity contribution in [3.63, 3.8) is 0 Å². The topological polar surface area (TPSA) is 3.24 Å². The number of halogens is 2. The lowest BCUT2D eigenvalue weighted by molar-refractivity contribution is -0.929.